The Hall–Kier alpha value is -1.06. The zero-order chi connectivity index (χ0) is 13.3. The Morgan fingerprint density at radius 2 is 1.78 bits per heavy atom. The highest BCUT2D eigenvalue weighted by molar-refractivity contribution is 5.85. The van der Waals surface area contributed by atoms with Gasteiger partial charge in [0.2, 0.25) is 0 Å². The molecule has 2 aliphatic rings. The van der Waals surface area contributed by atoms with Crippen LogP contribution in [0.15, 0.2) is 0 Å². The van der Waals surface area contributed by atoms with Crippen molar-refractivity contribution >= 4 is 11.9 Å². The maximum absolute atomic E-state index is 12.1. The molecule has 0 N–H and O–H groups in total. The third-order valence-corrected chi connectivity index (χ3v) is 3.75. The summed E-state index contributed by atoms with van der Waals surface area (Å²) in [4.78, 5) is 25.7. The van der Waals surface area contributed by atoms with Crippen molar-refractivity contribution < 1.29 is 14.3 Å². The molecular formula is C14H23NO3. The molecule has 0 aromatic rings. The molecule has 2 fully saturated rings. The van der Waals surface area contributed by atoms with Crippen molar-refractivity contribution in [3.63, 3.8) is 0 Å². The summed E-state index contributed by atoms with van der Waals surface area (Å²) in [5.74, 6) is 0.684. The molecule has 2 rings (SSSR count). The number of likely N-dealkylation sites (tertiary alicyclic amines) is 1. The van der Waals surface area contributed by atoms with Crippen LogP contribution in [0.5, 0.6) is 0 Å². The Morgan fingerprint density at radius 1 is 1.11 bits per heavy atom. The fourth-order valence-corrected chi connectivity index (χ4v) is 2.51. The maximum atomic E-state index is 12.1. The van der Waals surface area contributed by atoms with Gasteiger partial charge in [0.05, 0.1) is 0 Å². The lowest BCUT2D eigenvalue weighted by atomic mass is 9.77. The van der Waals surface area contributed by atoms with Crippen molar-refractivity contribution in [3.05, 3.63) is 0 Å². The summed E-state index contributed by atoms with van der Waals surface area (Å²) >= 11 is 0. The summed E-state index contributed by atoms with van der Waals surface area (Å²) < 4.78 is 5.33. The van der Waals surface area contributed by atoms with Crippen LogP contribution in [-0.4, -0.2) is 35.5 Å². The van der Waals surface area contributed by atoms with E-state index in [1.165, 1.54) is 6.42 Å². The van der Waals surface area contributed by atoms with Crippen LogP contribution >= 0.6 is 0 Å². The van der Waals surface area contributed by atoms with Gasteiger partial charge in [-0.3, -0.25) is 4.79 Å². The van der Waals surface area contributed by atoms with Gasteiger partial charge < -0.3 is 9.64 Å². The van der Waals surface area contributed by atoms with Crippen LogP contribution in [0.4, 0.5) is 4.79 Å². The van der Waals surface area contributed by atoms with Gasteiger partial charge in [0.1, 0.15) is 11.4 Å². The van der Waals surface area contributed by atoms with Gasteiger partial charge in [0, 0.05) is 24.9 Å². The van der Waals surface area contributed by atoms with Crippen molar-refractivity contribution in [2.75, 3.05) is 13.1 Å². The van der Waals surface area contributed by atoms with Gasteiger partial charge in [-0.15, -0.1) is 0 Å². The quantitative estimate of drug-likeness (QED) is 0.760. The lowest BCUT2D eigenvalue weighted by molar-refractivity contribution is -0.128. The van der Waals surface area contributed by atoms with E-state index in [1.54, 1.807) is 4.90 Å². The summed E-state index contributed by atoms with van der Waals surface area (Å²) in [5.41, 5.74) is -0.465. The van der Waals surface area contributed by atoms with E-state index in [4.69, 9.17) is 4.74 Å². The number of ketones is 1. The van der Waals surface area contributed by atoms with Gasteiger partial charge in [-0.05, 0) is 40.0 Å². The van der Waals surface area contributed by atoms with Gasteiger partial charge in [-0.2, -0.15) is 0 Å². The van der Waals surface area contributed by atoms with Gasteiger partial charge >= 0.3 is 6.09 Å². The molecule has 4 heteroatoms. The number of ether oxygens (including phenoxy) is 1. The van der Waals surface area contributed by atoms with E-state index >= 15 is 0 Å². The van der Waals surface area contributed by atoms with Crippen LogP contribution in [0, 0.1) is 11.8 Å². The number of Topliss-reactive ketones (excluding diaryl/α,β-unsaturated/α-hetero) is 1. The summed E-state index contributed by atoms with van der Waals surface area (Å²) in [7, 11) is 0. The molecule has 0 spiro atoms. The van der Waals surface area contributed by atoms with Crippen molar-refractivity contribution in [2.45, 2.75) is 52.1 Å². The number of hydrogen-bond acceptors (Lipinski definition) is 3. The summed E-state index contributed by atoms with van der Waals surface area (Å²) in [5, 5.41) is 0. The average Bonchev–Trinajstić information content (AvgIpc) is 2.60. The predicted molar refractivity (Wildman–Crippen MR) is 68.3 cm³/mol. The molecule has 1 aliphatic carbocycles. The van der Waals surface area contributed by atoms with Gasteiger partial charge in [-0.1, -0.05) is 6.42 Å². The monoisotopic (exact) mass is 253 g/mol. The first-order valence-corrected chi connectivity index (χ1v) is 6.88. The van der Waals surface area contributed by atoms with Crippen LogP contribution in [0.3, 0.4) is 0 Å². The molecule has 4 nitrogen and oxygen atoms in total. The minimum absolute atomic E-state index is 0.0443. The topological polar surface area (TPSA) is 46.6 Å². The van der Waals surface area contributed by atoms with Crippen LogP contribution in [-0.2, 0) is 9.53 Å². The second kappa shape index (κ2) is 4.90. The molecule has 1 saturated carbocycles. The van der Waals surface area contributed by atoms with E-state index in [0.29, 0.717) is 18.9 Å². The Bertz CT molecular complexity index is 341. The van der Waals surface area contributed by atoms with Crippen LogP contribution in [0.2, 0.25) is 0 Å². The fourth-order valence-electron chi connectivity index (χ4n) is 2.51. The van der Waals surface area contributed by atoms with Gasteiger partial charge in [0.25, 0.3) is 0 Å². The molecule has 0 bridgehead atoms. The minimum atomic E-state index is -0.465. The molecule has 1 aliphatic heterocycles. The lowest BCUT2D eigenvalue weighted by Crippen LogP contribution is -2.37. The summed E-state index contributed by atoms with van der Waals surface area (Å²) in [6.45, 7) is 6.77. The molecule has 1 atom stereocenters. The first-order chi connectivity index (χ1) is 8.37. The molecule has 102 valence electrons. The minimum Gasteiger partial charge on any atom is -0.444 e. The Morgan fingerprint density at radius 3 is 2.28 bits per heavy atom. The normalized spacial score (nSPS) is 24.8. The average molecular weight is 253 g/mol. The largest absolute Gasteiger partial charge is 0.444 e. The van der Waals surface area contributed by atoms with E-state index in [1.807, 2.05) is 20.8 Å². The highest BCUT2D eigenvalue weighted by atomic mass is 16.6. The number of carbonyl (C=O) groups is 2. The first-order valence-electron chi connectivity index (χ1n) is 6.88. The first kappa shape index (κ1) is 13.4. The van der Waals surface area contributed by atoms with Gasteiger partial charge in [0.15, 0.2) is 0 Å². The SMILES string of the molecule is CC(C)(C)OC(=O)N1CCC(C(=O)C2CCC2)C1. The third kappa shape index (κ3) is 3.03. The van der Waals surface area contributed by atoms with Crippen molar-refractivity contribution in [1.29, 1.82) is 0 Å². The van der Waals surface area contributed by atoms with Crippen molar-refractivity contribution in [2.24, 2.45) is 11.8 Å². The molecule has 1 saturated heterocycles. The Balaban J connectivity index is 1.84. The second-order valence-electron chi connectivity index (χ2n) is 6.44. The number of rotatable bonds is 2. The van der Waals surface area contributed by atoms with E-state index in [-0.39, 0.29) is 17.9 Å². The van der Waals surface area contributed by atoms with E-state index < -0.39 is 5.60 Å². The molecular weight excluding hydrogens is 230 g/mol. The Kier molecular flexibility index (Phi) is 3.64. The molecule has 1 heterocycles. The second-order valence-corrected chi connectivity index (χ2v) is 6.44. The summed E-state index contributed by atoms with van der Waals surface area (Å²) in [6.07, 6.45) is 3.78. The van der Waals surface area contributed by atoms with Crippen LogP contribution in [0.1, 0.15) is 46.5 Å². The van der Waals surface area contributed by atoms with E-state index in [2.05, 4.69) is 0 Å². The molecule has 0 radical (unpaired) electrons. The van der Waals surface area contributed by atoms with Crippen LogP contribution in [0.25, 0.3) is 0 Å². The standard InChI is InChI=1S/C14H23NO3/c1-14(2,3)18-13(17)15-8-7-11(9-15)12(16)10-5-4-6-10/h10-11H,4-9H2,1-3H3. The van der Waals surface area contributed by atoms with Crippen molar-refractivity contribution in [1.82, 2.24) is 4.90 Å². The zero-order valence-corrected chi connectivity index (χ0v) is 11.6. The van der Waals surface area contributed by atoms with Crippen LogP contribution < -0.4 is 0 Å². The summed E-state index contributed by atoms with van der Waals surface area (Å²) in [6, 6.07) is 0. The number of amides is 1. The highest BCUT2D eigenvalue weighted by Crippen LogP contribution is 2.32. The third-order valence-electron chi connectivity index (χ3n) is 3.75. The Labute approximate surface area is 109 Å². The number of hydrogen-bond donors (Lipinski definition) is 0. The molecule has 1 unspecified atom stereocenters. The van der Waals surface area contributed by atoms with Gasteiger partial charge in [-0.25, -0.2) is 4.79 Å². The molecule has 0 aromatic heterocycles. The molecule has 0 aromatic carbocycles. The zero-order valence-electron chi connectivity index (χ0n) is 11.6. The highest BCUT2D eigenvalue weighted by Gasteiger charge is 2.37. The maximum Gasteiger partial charge on any atom is 0.410 e. The number of carbonyl (C=O) groups excluding carboxylic acids is 2. The van der Waals surface area contributed by atoms with Crippen molar-refractivity contribution in [3.8, 4) is 0 Å². The molecule has 1 amide bonds. The van der Waals surface area contributed by atoms with E-state index in [0.717, 1.165) is 19.3 Å². The fraction of sp³-hybridized carbons (Fsp3) is 0.857. The predicted octanol–water partition coefficient (Wildman–Crippen LogP) is 2.61. The smallest absolute Gasteiger partial charge is 0.410 e. The number of nitrogens with zero attached hydrogens (tertiary/aromatic N) is 1. The van der Waals surface area contributed by atoms with E-state index in [9.17, 15) is 9.59 Å². The lowest BCUT2D eigenvalue weighted by Gasteiger charge is -2.27. The molecule has 18 heavy (non-hydrogen) atoms.